The fourth-order valence-corrected chi connectivity index (χ4v) is 6.90. The zero-order valence-electron chi connectivity index (χ0n) is 19.3. The number of aromatic nitrogens is 2. The second-order valence-electron chi connectivity index (χ2n) is 9.70. The molecule has 3 aromatic carbocycles. The summed E-state index contributed by atoms with van der Waals surface area (Å²) in [6.07, 6.45) is -1.22. The minimum Gasteiger partial charge on any atom is -0.375 e. The average Bonchev–Trinajstić information content (AvgIpc) is 3.47. The number of benzene rings is 3. The molecule has 0 unspecified atom stereocenters. The van der Waals surface area contributed by atoms with Crippen LogP contribution in [0.4, 0.5) is 0 Å². The molecule has 35 heavy (non-hydrogen) atoms. The number of nitrogens with zero attached hydrogens (tertiary/aromatic N) is 2. The van der Waals surface area contributed by atoms with E-state index < -0.39 is 6.23 Å². The van der Waals surface area contributed by atoms with Crippen molar-refractivity contribution in [2.45, 2.75) is 37.3 Å². The van der Waals surface area contributed by atoms with Crippen molar-refractivity contribution < 1.29 is 19.4 Å². The number of aliphatic hydroxyl groups excluding tert-OH is 1. The van der Waals surface area contributed by atoms with Crippen LogP contribution in [0, 0.1) is 0 Å². The van der Waals surface area contributed by atoms with Gasteiger partial charge in [0.25, 0.3) is 5.91 Å². The molecule has 3 N–H and O–H groups in total. The lowest BCUT2D eigenvalue weighted by molar-refractivity contribution is -0.192. The summed E-state index contributed by atoms with van der Waals surface area (Å²) in [5, 5.41) is 21.1. The number of likely N-dealkylation sites (N-methyl/N-ethyl adjacent to an activating group) is 1. The van der Waals surface area contributed by atoms with E-state index in [1.807, 2.05) is 31.3 Å². The van der Waals surface area contributed by atoms with Crippen molar-refractivity contribution in [1.29, 1.82) is 0 Å². The van der Waals surface area contributed by atoms with Crippen LogP contribution in [0.25, 0.3) is 43.6 Å². The lowest BCUT2D eigenvalue weighted by atomic mass is 9.96. The molecule has 2 bridgehead atoms. The highest BCUT2D eigenvalue weighted by atomic mass is 16.6. The second-order valence-corrected chi connectivity index (χ2v) is 9.70. The van der Waals surface area contributed by atoms with Gasteiger partial charge < -0.3 is 34.3 Å². The second kappa shape index (κ2) is 6.61. The van der Waals surface area contributed by atoms with E-state index >= 15 is 0 Å². The molecule has 1 fully saturated rings. The van der Waals surface area contributed by atoms with Crippen LogP contribution in [0.5, 0.6) is 0 Å². The zero-order chi connectivity index (χ0) is 23.6. The maximum absolute atomic E-state index is 13.3. The van der Waals surface area contributed by atoms with E-state index in [1.165, 1.54) is 0 Å². The van der Waals surface area contributed by atoms with Crippen molar-refractivity contribution >= 4 is 49.5 Å². The third-order valence-corrected chi connectivity index (χ3v) is 8.22. The van der Waals surface area contributed by atoms with Gasteiger partial charge in [0.2, 0.25) is 0 Å². The molecule has 0 saturated carbocycles. The molecule has 0 spiro atoms. The number of para-hydroxylation sites is 2. The van der Waals surface area contributed by atoms with Crippen LogP contribution in [0.1, 0.15) is 41.0 Å². The summed E-state index contributed by atoms with van der Waals surface area (Å²) in [5.41, 5.74) is 5.15. The molecule has 0 radical (unpaired) electrons. The van der Waals surface area contributed by atoms with Crippen LogP contribution >= 0.6 is 0 Å². The highest BCUT2D eigenvalue weighted by Crippen LogP contribution is 2.52. The molecule has 8 rings (SSSR count). The Hall–Kier alpha value is -3.43. The number of carbonyl (C=O) groups excluding carboxylic acids is 1. The van der Waals surface area contributed by atoms with Crippen molar-refractivity contribution in [1.82, 2.24) is 19.8 Å². The van der Waals surface area contributed by atoms with Gasteiger partial charge in [0.05, 0.1) is 27.6 Å². The molecule has 0 aliphatic carbocycles. The van der Waals surface area contributed by atoms with Crippen molar-refractivity contribution in [3.05, 3.63) is 59.7 Å². The number of carbonyl (C=O) groups is 1. The largest absolute Gasteiger partial charge is 0.375 e. The maximum Gasteiger partial charge on any atom is 0.254 e. The minimum absolute atomic E-state index is 0.0613. The molecular weight excluding hydrogens is 444 g/mol. The Morgan fingerprint density at radius 1 is 1.03 bits per heavy atom. The van der Waals surface area contributed by atoms with Crippen LogP contribution in [0.3, 0.4) is 0 Å². The highest BCUT2D eigenvalue weighted by molar-refractivity contribution is 6.31. The standard InChI is InChI=1S/C27H24N4O4/c1-28-14-11-17-30-15-9-5-3-7-12(15)18-20-21(26(33)29-25(20)32)19-13-8-4-6-10-16(13)31(23(19)22(18)30)27(35-17)24(14)34-2/h3-10,14,17,24,26-28,33H,11H2,1-2H3,(H,29,32)/t14-,17-,24-,26-,27+/m0/s1. The number of methoxy groups -OCH3 is 1. The van der Waals surface area contributed by atoms with E-state index in [2.05, 4.69) is 44.0 Å². The Kier molecular flexibility index (Phi) is 3.75. The van der Waals surface area contributed by atoms with Crippen LogP contribution in [-0.2, 0) is 9.47 Å². The first-order chi connectivity index (χ1) is 17.1. The van der Waals surface area contributed by atoms with Crippen LogP contribution in [0.15, 0.2) is 48.5 Å². The van der Waals surface area contributed by atoms with E-state index in [4.69, 9.17) is 9.47 Å². The molecular formula is C27H24N4O4. The first kappa shape index (κ1) is 19.8. The number of aliphatic hydroxyl groups is 1. The van der Waals surface area contributed by atoms with Crippen molar-refractivity contribution in [3.63, 3.8) is 0 Å². The number of hydrogen-bond acceptors (Lipinski definition) is 5. The zero-order valence-corrected chi connectivity index (χ0v) is 19.3. The fraction of sp³-hybridized carbons (Fsp3) is 0.296. The van der Waals surface area contributed by atoms with E-state index in [1.54, 1.807) is 7.11 Å². The van der Waals surface area contributed by atoms with Crippen molar-refractivity contribution in [2.75, 3.05) is 14.2 Å². The molecule has 3 aliphatic rings. The number of ether oxygens (including phenoxy) is 2. The molecule has 8 heteroatoms. The third-order valence-electron chi connectivity index (χ3n) is 8.22. The predicted molar refractivity (Wildman–Crippen MR) is 132 cm³/mol. The number of nitrogens with one attached hydrogen (secondary N) is 2. The van der Waals surface area contributed by atoms with E-state index in [-0.39, 0.29) is 30.5 Å². The molecule has 1 saturated heterocycles. The molecule has 176 valence electrons. The summed E-state index contributed by atoms with van der Waals surface area (Å²) >= 11 is 0. The van der Waals surface area contributed by atoms with E-state index in [0.717, 1.165) is 50.0 Å². The average molecular weight is 469 g/mol. The van der Waals surface area contributed by atoms with Gasteiger partial charge in [-0.3, -0.25) is 4.79 Å². The summed E-state index contributed by atoms with van der Waals surface area (Å²) < 4.78 is 17.4. The van der Waals surface area contributed by atoms with Crippen LogP contribution in [0.2, 0.25) is 0 Å². The summed E-state index contributed by atoms with van der Waals surface area (Å²) in [6, 6.07) is 16.4. The summed E-state index contributed by atoms with van der Waals surface area (Å²) in [7, 11) is 3.69. The van der Waals surface area contributed by atoms with Crippen molar-refractivity contribution in [2.24, 2.45) is 0 Å². The Balaban J connectivity index is 1.71. The lowest BCUT2D eigenvalue weighted by Crippen LogP contribution is -2.50. The van der Waals surface area contributed by atoms with E-state index in [0.29, 0.717) is 11.1 Å². The Morgan fingerprint density at radius 2 is 1.69 bits per heavy atom. The monoisotopic (exact) mass is 468 g/mol. The first-order valence-corrected chi connectivity index (χ1v) is 12.0. The molecule has 2 aromatic heterocycles. The van der Waals surface area contributed by atoms with Gasteiger partial charge in [0, 0.05) is 46.7 Å². The normalized spacial score (nSPS) is 27.3. The molecule has 1 amide bonds. The number of rotatable bonds is 2. The van der Waals surface area contributed by atoms with Gasteiger partial charge in [-0.2, -0.15) is 0 Å². The SMILES string of the molecule is CN[C@H]1C[C@@H]2O[C@H]([C@H]1OC)n1c3ccccc3c3c4c(c5c6ccccc6n2c5c31)C(=O)N[C@H]4O. The molecule has 3 aliphatic heterocycles. The van der Waals surface area contributed by atoms with Crippen LogP contribution in [-0.4, -0.2) is 46.5 Å². The van der Waals surface area contributed by atoms with Gasteiger partial charge in [-0.25, -0.2) is 0 Å². The number of hydrogen-bond donors (Lipinski definition) is 3. The Bertz CT molecular complexity index is 1730. The smallest absolute Gasteiger partial charge is 0.254 e. The summed E-state index contributed by atoms with van der Waals surface area (Å²) in [5.74, 6) is -0.245. The predicted octanol–water partition coefficient (Wildman–Crippen LogP) is 3.67. The quantitative estimate of drug-likeness (QED) is 0.368. The van der Waals surface area contributed by atoms with Gasteiger partial charge in [-0.1, -0.05) is 36.4 Å². The van der Waals surface area contributed by atoms with Gasteiger partial charge in [0.15, 0.2) is 12.5 Å². The van der Waals surface area contributed by atoms with Gasteiger partial charge >= 0.3 is 0 Å². The molecule has 8 nitrogen and oxygen atoms in total. The van der Waals surface area contributed by atoms with Gasteiger partial charge in [-0.05, 0) is 19.2 Å². The molecule has 5 atom stereocenters. The van der Waals surface area contributed by atoms with Gasteiger partial charge in [0.1, 0.15) is 12.3 Å². The maximum atomic E-state index is 13.3. The van der Waals surface area contributed by atoms with Crippen LogP contribution < -0.4 is 10.6 Å². The fourth-order valence-electron chi connectivity index (χ4n) is 6.90. The summed E-state index contributed by atoms with van der Waals surface area (Å²) in [6.45, 7) is 0. The highest BCUT2D eigenvalue weighted by Gasteiger charge is 2.46. The Morgan fingerprint density at radius 3 is 2.40 bits per heavy atom. The first-order valence-electron chi connectivity index (χ1n) is 12.0. The molecule has 5 aromatic rings. The topological polar surface area (TPSA) is 89.7 Å². The van der Waals surface area contributed by atoms with Crippen molar-refractivity contribution in [3.8, 4) is 0 Å². The van der Waals surface area contributed by atoms with Gasteiger partial charge in [-0.15, -0.1) is 0 Å². The minimum atomic E-state index is -1.07. The van der Waals surface area contributed by atoms with E-state index in [9.17, 15) is 9.90 Å². The summed E-state index contributed by atoms with van der Waals surface area (Å²) in [4.78, 5) is 13.3. The lowest BCUT2D eigenvalue weighted by Gasteiger charge is -2.41. The Labute approximate surface area is 200 Å². The molecule has 5 heterocycles. The number of fused-ring (bicyclic) bond motifs is 13. The number of amides is 1. The third kappa shape index (κ3) is 2.20.